The van der Waals surface area contributed by atoms with Gasteiger partial charge >= 0.3 is 0 Å². The summed E-state index contributed by atoms with van der Waals surface area (Å²) in [7, 11) is 0. The van der Waals surface area contributed by atoms with Crippen LogP contribution >= 0.6 is 0 Å². The van der Waals surface area contributed by atoms with Crippen LogP contribution in [0.15, 0.2) is 18.2 Å². The normalized spacial score (nSPS) is 26.2. The van der Waals surface area contributed by atoms with Crippen LogP contribution in [0.1, 0.15) is 42.7 Å². The maximum Gasteiger partial charge on any atom is 0.234 e. The number of piperidine rings is 2. The number of hydrogen-bond donors (Lipinski definition) is 2. The monoisotopic (exact) mass is 327 g/mol. The molecule has 0 aliphatic carbocycles. The molecular formula is C19H25N3O2. The number of carbonyl (C=O) groups is 2. The summed E-state index contributed by atoms with van der Waals surface area (Å²) in [6.45, 7) is 6.64. The molecule has 1 spiro atoms. The Bertz CT molecular complexity index is 671. The molecule has 3 saturated heterocycles. The maximum atomic E-state index is 12.1. The Labute approximate surface area is 142 Å². The number of anilines is 1. The molecule has 1 unspecified atom stereocenters. The van der Waals surface area contributed by atoms with E-state index in [1.807, 2.05) is 0 Å². The predicted molar refractivity (Wildman–Crippen MR) is 93.1 cm³/mol. The SMILES string of the molecule is Cc1cc(N2CCC3(CC2)CNC3)ccc1C1CCC(=O)NC1=O. The van der Waals surface area contributed by atoms with Crippen LogP contribution in [0.3, 0.4) is 0 Å². The minimum Gasteiger partial charge on any atom is -0.371 e. The molecule has 3 fully saturated rings. The summed E-state index contributed by atoms with van der Waals surface area (Å²) in [5.41, 5.74) is 4.01. The molecule has 5 heteroatoms. The second-order valence-electron chi connectivity index (χ2n) is 7.64. The summed E-state index contributed by atoms with van der Waals surface area (Å²) >= 11 is 0. The first-order chi connectivity index (χ1) is 11.6. The van der Waals surface area contributed by atoms with Gasteiger partial charge in [0.25, 0.3) is 0 Å². The molecule has 1 aromatic rings. The van der Waals surface area contributed by atoms with Gasteiger partial charge in [0, 0.05) is 38.3 Å². The molecule has 0 saturated carbocycles. The van der Waals surface area contributed by atoms with Crippen molar-refractivity contribution in [1.82, 2.24) is 10.6 Å². The molecule has 24 heavy (non-hydrogen) atoms. The van der Waals surface area contributed by atoms with E-state index in [9.17, 15) is 9.59 Å². The minimum absolute atomic E-state index is 0.153. The van der Waals surface area contributed by atoms with Crippen LogP contribution in [-0.4, -0.2) is 38.0 Å². The van der Waals surface area contributed by atoms with Gasteiger partial charge in [-0.05, 0) is 54.9 Å². The van der Waals surface area contributed by atoms with Gasteiger partial charge in [0.15, 0.2) is 0 Å². The average Bonchev–Trinajstić information content (AvgIpc) is 2.54. The van der Waals surface area contributed by atoms with Crippen LogP contribution in [0.5, 0.6) is 0 Å². The molecule has 2 amide bonds. The van der Waals surface area contributed by atoms with Gasteiger partial charge in [0.2, 0.25) is 11.8 Å². The van der Waals surface area contributed by atoms with E-state index in [-0.39, 0.29) is 17.7 Å². The number of nitrogens with zero attached hydrogens (tertiary/aromatic N) is 1. The van der Waals surface area contributed by atoms with Crippen LogP contribution in [0.25, 0.3) is 0 Å². The fraction of sp³-hybridized carbons (Fsp3) is 0.579. The fourth-order valence-corrected chi connectivity index (χ4v) is 4.31. The molecule has 1 aromatic carbocycles. The van der Waals surface area contributed by atoms with Crippen LogP contribution in [-0.2, 0) is 9.59 Å². The summed E-state index contributed by atoms with van der Waals surface area (Å²) in [6.07, 6.45) is 3.56. The van der Waals surface area contributed by atoms with E-state index in [4.69, 9.17) is 0 Å². The number of nitrogens with one attached hydrogen (secondary N) is 2. The van der Waals surface area contributed by atoms with E-state index in [1.54, 1.807) is 0 Å². The van der Waals surface area contributed by atoms with Crippen molar-refractivity contribution in [3.63, 3.8) is 0 Å². The number of hydrogen-bond acceptors (Lipinski definition) is 4. The highest BCUT2D eigenvalue weighted by molar-refractivity contribution is 6.01. The van der Waals surface area contributed by atoms with Crippen molar-refractivity contribution in [3.05, 3.63) is 29.3 Å². The van der Waals surface area contributed by atoms with E-state index in [0.29, 0.717) is 18.3 Å². The minimum atomic E-state index is -0.192. The highest BCUT2D eigenvalue weighted by Gasteiger charge is 2.39. The lowest BCUT2D eigenvalue weighted by atomic mass is 9.73. The predicted octanol–water partition coefficient (Wildman–Crippen LogP) is 1.71. The maximum absolute atomic E-state index is 12.1. The highest BCUT2D eigenvalue weighted by Crippen LogP contribution is 2.37. The van der Waals surface area contributed by atoms with E-state index in [2.05, 4.69) is 40.7 Å². The Morgan fingerprint density at radius 3 is 2.50 bits per heavy atom. The molecule has 0 radical (unpaired) electrons. The van der Waals surface area contributed by atoms with Crippen LogP contribution in [0.4, 0.5) is 5.69 Å². The second-order valence-corrected chi connectivity index (χ2v) is 7.64. The first-order valence-corrected chi connectivity index (χ1v) is 8.96. The van der Waals surface area contributed by atoms with E-state index >= 15 is 0 Å². The lowest BCUT2D eigenvalue weighted by molar-refractivity contribution is -0.134. The molecule has 0 aromatic heterocycles. The zero-order valence-electron chi connectivity index (χ0n) is 14.2. The largest absolute Gasteiger partial charge is 0.371 e. The Morgan fingerprint density at radius 1 is 1.17 bits per heavy atom. The van der Waals surface area contributed by atoms with Gasteiger partial charge in [0.05, 0.1) is 5.92 Å². The zero-order valence-corrected chi connectivity index (χ0v) is 14.2. The van der Waals surface area contributed by atoms with Crippen molar-refractivity contribution in [1.29, 1.82) is 0 Å². The molecule has 1 atom stereocenters. The van der Waals surface area contributed by atoms with Gasteiger partial charge < -0.3 is 10.2 Å². The lowest BCUT2D eigenvalue weighted by Gasteiger charge is -2.49. The third kappa shape index (κ3) is 2.71. The van der Waals surface area contributed by atoms with Crippen molar-refractivity contribution in [2.45, 2.75) is 38.5 Å². The number of aryl methyl sites for hydroxylation is 1. The quantitative estimate of drug-likeness (QED) is 0.812. The molecule has 128 valence electrons. The summed E-state index contributed by atoms with van der Waals surface area (Å²) in [5.74, 6) is -0.500. The van der Waals surface area contributed by atoms with Crippen molar-refractivity contribution in [2.24, 2.45) is 5.41 Å². The van der Waals surface area contributed by atoms with E-state index < -0.39 is 0 Å². The number of benzene rings is 1. The second kappa shape index (κ2) is 5.88. The van der Waals surface area contributed by atoms with Gasteiger partial charge in [-0.15, -0.1) is 0 Å². The number of carbonyl (C=O) groups excluding carboxylic acids is 2. The Balaban J connectivity index is 1.48. The van der Waals surface area contributed by atoms with Gasteiger partial charge in [-0.3, -0.25) is 14.9 Å². The zero-order chi connectivity index (χ0) is 16.7. The van der Waals surface area contributed by atoms with E-state index in [0.717, 1.165) is 24.2 Å². The molecule has 4 rings (SSSR count). The van der Waals surface area contributed by atoms with Gasteiger partial charge in [-0.2, -0.15) is 0 Å². The first kappa shape index (κ1) is 15.6. The smallest absolute Gasteiger partial charge is 0.234 e. The summed E-state index contributed by atoms with van der Waals surface area (Å²) in [5, 5.41) is 5.87. The molecule has 0 bridgehead atoms. The molecule has 3 aliphatic rings. The third-order valence-corrected chi connectivity index (χ3v) is 6.06. The Kier molecular flexibility index (Phi) is 3.83. The number of amides is 2. The first-order valence-electron chi connectivity index (χ1n) is 8.96. The standard InChI is InChI=1S/C19H25N3O2/c1-13-10-14(22-8-6-19(7-9-22)11-20-12-19)2-3-15(13)16-4-5-17(23)21-18(16)24/h2-3,10,16,20H,4-9,11-12H2,1H3,(H,21,23,24). The lowest BCUT2D eigenvalue weighted by Crippen LogP contribution is -2.58. The van der Waals surface area contributed by atoms with Crippen molar-refractivity contribution < 1.29 is 9.59 Å². The molecule has 3 aliphatic heterocycles. The van der Waals surface area contributed by atoms with Crippen molar-refractivity contribution >= 4 is 17.5 Å². The van der Waals surface area contributed by atoms with Gasteiger partial charge in [0.1, 0.15) is 0 Å². The molecular weight excluding hydrogens is 302 g/mol. The average molecular weight is 327 g/mol. The van der Waals surface area contributed by atoms with Gasteiger partial charge in [-0.1, -0.05) is 6.07 Å². The molecule has 3 heterocycles. The van der Waals surface area contributed by atoms with E-state index in [1.165, 1.54) is 31.6 Å². The fourth-order valence-electron chi connectivity index (χ4n) is 4.31. The van der Waals surface area contributed by atoms with Crippen molar-refractivity contribution in [2.75, 3.05) is 31.1 Å². The topological polar surface area (TPSA) is 61.4 Å². The number of imide groups is 1. The third-order valence-electron chi connectivity index (χ3n) is 6.06. The van der Waals surface area contributed by atoms with Gasteiger partial charge in [-0.25, -0.2) is 0 Å². The molecule has 5 nitrogen and oxygen atoms in total. The summed E-state index contributed by atoms with van der Waals surface area (Å²) in [4.78, 5) is 25.9. The highest BCUT2D eigenvalue weighted by atomic mass is 16.2. The van der Waals surface area contributed by atoms with Crippen LogP contribution in [0.2, 0.25) is 0 Å². The van der Waals surface area contributed by atoms with Crippen molar-refractivity contribution in [3.8, 4) is 0 Å². The Hall–Kier alpha value is -1.88. The number of rotatable bonds is 2. The summed E-state index contributed by atoms with van der Waals surface area (Å²) < 4.78 is 0. The summed E-state index contributed by atoms with van der Waals surface area (Å²) in [6, 6.07) is 6.43. The van der Waals surface area contributed by atoms with Crippen LogP contribution in [0, 0.1) is 12.3 Å². The van der Waals surface area contributed by atoms with Crippen LogP contribution < -0.4 is 15.5 Å². The Morgan fingerprint density at radius 2 is 1.92 bits per heavy atom. The molecule has 2 N–H and O–H groups in total.